The van der Waals surface area contributed by atoms with Crippen LogP contribution in [0.2, 0.25) is 0 Å². The van der Waals surface area contributed by atoms with Gasteiger partial charge >= 0.3 is 23.0 Å². The summed E-state index contributed by atoms with van der Waals surface area (Å²) in [5.74, 6) is -1.01. The van der Waals surface area contributed by atoms with Gasteiger partial charge in [0.1, 0.15) is 0 Å². The molecule has 0 aliphatic heterocycles. The minimum atomic E-state index is -1.01. The molecule has 0 bridgehead atoms. The second-order valence-electron chi connectivity index (χ2n) is 5.22. The van der Waals surface area contributed by atoms with Crippen molar-refractivity contribution in [2.24, 2.45) is 0 Å². The van der Waals surface area contributed by atoms with Crippen LogP contribution in [0, 0.1) is 0 Å². The number of carbonyl (C=O) groups is 1. The molecule has 0 radical (unpaired) electrons. The minimum absolute atomic E-state index is 0.0627. The third-order valence-electron chi connectivity index (χ3n) is 3.25. The standard InChI is InChI=1S/C13H17Br4N3O5/c14-4-8(16)6-19-11(23)18(3-1-2-10(21)22)12(24)20(13(19)25)7-9(17)5-15/h8-9H,1-7H2,(H,21,22). The van der Waals surface area contributed by atoms with Crippen molar-refractivity contribution in [2.75, 3.05) is 10.7 Å². The normalized spacial score (nSPS) is 13.6. The van der Waals surface area contributed by atoms with E-state index in [0.29, 0.717) is 10.7 Å². The summed E-state index contributed by atoms with van der Waals surface area (Å²) in [6, 6.07) is 0. The third-order valence-corrected chi connectivity index (χ3v) is 7.78. The third kappa shape index (κ3) is 6.47. The topological polar surface area (TPSA) is 103 Å². The number of alkyl halides is 4. The largest absolute Gasteiger partial charge is 0.481 e. The summed E-state index contributed by atoms with van der Waals surface area (Å²) in [7, 11) is 0. The van der Waals surface area contributed by atoms with Gasteiger partial charge in [0.15, 0.2) is 0 Å². The Hall–Kier alpha value is -0.200. The molecule has 0 aromatic carbocycles. The fourth-order valence-corrected chi connectivity index (χ4v) is 3.06. The van der Waals surface area contributed by atoms with Crippen LogP contribution in [-0.4, -0.2) is 45.1 Å². The zero-order valence-corrected chi connectivity index (χ0v) is 19.4. The number of hydrogen-bond donors (Lipinski definition) is 1. The Bertz CT molecular complexity index is 722. The predicted molar refractivity (Wildman–Crippen MR) is 109 cm³/mol. The molecule has 0 fully saturated rings. The summed E-state index contributed by atoms with van der Waals surface area (Å²) in [4.78, 5) is 48.0. The summed E-state index contributed by atoms with van der Waals surface area (Å²) < 4.78 is 2.92. The highest BCUT2D eigenvalue weighted by Crippen LogP contribution is 2.06. The molecule has 1 heterocycles. The maximum absolute atomic E-state index is 12.6. The van der Waals surface area contributed by atoms with E-state index in [-0.39, 0.29) is 42.1 Å². The van der Waals surface area contributed by atoms with E-state index in [4.69, 9.17) is 5.11 Å². The fourth-order valence-electron chi connectivity index (χ4n) is 2.07. The Morgan fingerprint density at radius 1 is 0.880 bits per heavy atom. The van der Waals surface area contributed by atoms with Crippen molar-refractivity contribution in [1.29, 1.82) is 0 Å². The van der Waals surface area contributed by atoms with Gasteiger partial charge in [0, 0.05) is 46.4 Å². The fraction of sp³-hybridized carbons (Fsp3) is 0.692. The van der Waals surface area contributed by atoms with Crippen molar-refractivity contribution < 1.29 is 9.90 Å². The number of carboxylic acids is 1. The van der Waals surface area contributed by atoms with Crippen molar-refractivity contribution in [3.8, 4) is 0 Å². The van der Waals surface area contributed by atoms with Gasteiger partial charge in [-0.25, -0.2) is 28.1 Å². The molecule has 0 saturated carbocycles. The lowest BCUT2D eigenvalue weighted by molar-refractivity contribution is -0.137. The zero-order valence-electron chi connectivity index (χ0n) is 13.0. The Morgan fingerprint density at radius 2 is 1.28 bits per heavy atom. The molecule has 1 aromatic heterocycles. The molecule has 142 valence electrons. The van der Waals surface area contributed by atoms with Gasteiger partial charge in [-0.2, -0.15) is 0 Å². The highest BCUT2D eigenvalue weighted by Gasteiger charge is 2.19. The lowest BCUT2D eigenvalue weighted by atomic mass is 10.3. The molecule has 0 amide bonds. The van der Waals surface area contributed by atoms with Crippen LogP contribution in [-0.2, 0) is 24.4 Å². The zero-order chi connectivity index (χ0) is 19.1. The highest BCUT2D eigenvalue weighted by atomic mass is 79.9. The molecule has 1 rings (SSSR count). The van der Waals surface area contributed by atoms with Crippen LogP contribution in [0.4, 0.5) is 0 Å². The second-order valence-corrected chi connectivity index (χ2v) is 9.11. The summed E-state index contributed by atoms with van der Waals surface area (Å²) in [6.07, 6.45) is -0.0506. The smallest absolute Gasteiger partial charge is 0.336 e. The van der Waals surface area contributed by atoms with Crippen LogP contribution in [0.15, 0.2) is 14.4 Å². The van der Waals surface area contributed by atoms with E-state index < -0.39 is 23.0 Å². The van der Waals surface area contributed by atoms with Gasteiger partial charge in [-0.15, -0.1) is 0 Å². The first-order chi connectivity index (χ1) is 11.7. The van der Waals surface area contributed by atoms with E-state index in [1.54, 1.807) is 0 Å². The molecule has 2 unspecified atom stereocenters. The van der Waals surface area contributed by atoms with Crippen LogP contribution < -0.4 is 17.1 Å². The van der Waals surface area contributed by atoms with Gasteiger partial charge < -0.3 is 5.11 Å². The molecule has 2 atom stereocenters. The Kier molecular flexibility index (Phi) is 9.89. The van der Waals surface area contributed by atoms with E-state index in [1.165, 1.54) is 0 Å². The van der Waals surface area contributed by atoms with Gasteiger partial charge in [0.25, 0.3) is 0 Å². The molecule has 25 heavy (non-hydrogen) atoms. The second kappa shape index (κ2) is 10.8. The highest BCUT2D eigenvalue weighted by molar-refractivity contribution is 9.12. The number of nitrogens with zero attached hydrogens (tertiary/aromatic N) is 3. The van der Waals surface area contributed by atoms with Crippen molar-refractivity contribution in [3.05, 3.63) is 31.5 Å². The first kappa shape index (κ1) is 22.8. The number of rotatable bonds is 10. The molecule has 12 heteroatoms. The molecule has 0 saturated heterocycles. The van der Waals surface area contributed by atoms with Crippen molar-refractivity contribution in [2.45, 2.75) is 42.1 Å². The lowest BCUT2D eigenvalue weighted by Gasteiger charge is -2.16. The quantitative estimate of drug-likeness (QED) is 0.401. The number of aliphatic carboxylic acids is 1. The molecule has 1 aromatic rings. The Morgan fingerprint density at radius 3 is 1.64 bits per heavy atom. The van der Waals surface area contributed by atoms with Crippen LogP contribution in [0.3, 0.4) is 0 Å². The number of carboxylic acid groups (broad SMARTS) is 1. The van der Waals surface area contributed by atoms with Gasteiger partial charge in [-0.1, -0.05) is 63.7 Å². The van der Waals surface area contributed by atoms with Gasteiger partial charge in [0.05, 0.1) is 0 Å². The van der Waals surface area contributed by atoms with E-state index >= 15 is 0 Å². The summed E-state index contributed by atoms with van der Waals surface area (Å²) >= 11 is 13.2. The minimum Gasteiger partial charge on any atom is -0.481 e. The monoisotopic (exact) mass is 611 g/mol. The van der Waals surface area contributed by atoms with Crippen molar-refractivity contribution in [1.82, 2.24) is 13.7 Å². The van der Waals surface area contributed by atoms with E-state index in [2.05, 4.69) is 63.7 Å². The van der Waals surface area contributed by atoms with Crippen molar-refractivity contribution in [3.63, 3.8) is 0 Å². The average molecular weight is 615 g/mol. The molecule has 0 aliphatic rings. The average Bonchev–Trinajstić information content (AvgIpc) is 2.57. The van der Waals surface area contributed by atoms with Crippen LogP contribution in [0.25, 0.3) is 0 Å². The summed E-state index contributed by atoms with van der Waals surface area (Å²) in [6.45, 7) is 0.111. The molecule has 0 spiro atoms. The van der Waals surface area contributed by atoms with Gasteiger partial charge in [0.2, 0.25) is 0 Å². The summed E-state index contributed by atoms with van der Waals surface area (Å²) in [5, 5.41) is 9.76. The lowest BCUT2D eigenvalue weighted by Crippen LogP contribution is -2.56. The number of halogens is 4. The molecular formula is C13H17Br4N3O5. The molecule has 0 aliphatic carbocycles. The SMILES string of the molecule is O=C(O)CCCn1c(=O)n(CC(Br)CBr)c(=O)n(CC(Br)CBr)c1=O. The van der Waals surface area contributed by atoms with Crippen LogP contribution >= 0.6 is 63.7 Å². The Balaban J connectivity index is 3.43. The van der Waals surface area contributed by atoms with Crippen LogP contribution in [0.5, 0.6) is 0 Å². The molecule has 1 N–H and O–H groups in total. The van der Waals surface area contributed by atoms with Crippen molar-refractivity contribution >= 4 is 69.7 Å². The Labute approximate surface area is 176 Å². The maximum Gasteiger partial charge on any atom is 0.336 e. The van der Waals surface area contributed by atoms with Gasteiger partial charge in [-0.3, -0.25) is 4.79 Å². The van der Waals surface area contributed by atoms with Crippen LogP contribution in [0.1, 0.15) is 12.8 Å². The number of aromatic nitrogens is 3. The van der Waals surface area contributed by atoms with Gasteiger partial charge in [-0.05, 0) is 6.42 Å². The first-order valence-electron chi connectivity index (χ1n) is 7.29. The molecule has 8 nitrogen and oxygen atoms in total. The maximum atomic E-state index is 12.6. The van der Waals surface area contributed by atoms with E-state index in [9.17, 15) is 19.2 Å². The molecular weight excluding hydrogens is 598 g/mol. The first-order valence-corrected chi connectivity index (χ1v) is 11.4. The number of hydrogen-bond acceptors (Lipinski definition) is 4. The van der Waals surface area contributed by atoms with E-state index in [1.807, 2.05) is 0 Å². The van der Waals surface area contributed by atoms with E-state index in [0.717, 1.165) is 13.7 Å². The predicted octanol–water partition coefficient (Wildman–Crippen LogP) is 1.35. The summed E-state index contributed by atoms with van der Waals surface area (Å²) in [5.41, 5.74) is -2.14.